The minimum Gasteiger partial charge on any atom is -0.482 e. The fraction of sp³-hybridized carbons (Fsp3) is 0.300. The van der Waals surface area contributed by atoms with E-state index in [0.29, 0.717) is 30.6 Å². The highest BCUT2D eigenvalue weighted by atomic mass is 17.2. The lowest BCUT2D eigenvalue weighted by atomic mass is 9.76. The molecule has 2 heterocycles. The average Bonchev–Trinajstić information content (AvgIpc) is 3.49. The van der Waals surface area contributed by atoms with E-state index in [1.807, 2.05) is 121 Å². The summed E-state index contributed by atoms with van der Waals surface area (Å²) in [4.78, 5) is 38.0. The molecule has 0 amide bonds. The van der Waals surface area contributed by atoms with Gasteiger partial charge in [-0.15, -0.1) is 0 Å². The van der Waals surface area contributed by atoms with Crippen LogP contribution in [-0.4, -0.2) is 36.0 Å². The van der Waals surface area contributed by atoms with Crippen molar-refractivity contribution in [1.82, 2.24) is 0 Å². The highest BCUT2D eigenvalue weighted by Crippen LogP contribution is 2.48. The zero-order chi connectivity index (χ0) is 33.6. The van der Waals surface area contributed by atoms with Crippen molar-refractivity contribution in [1.29, 1.82) is 0 Å². The van der Waals surface area contributed by atoms with E-state index in [4.69, 9.17) is 24.0 Å². The monoisotopic (exact) mass is 648 g/mol. The zero-order valence-corrected chi connectivity index (χ0v) is 27.2. The van der Waals surface area contributed by atoms with Gasteiger partial charge in [-0.25, -0.2) is 9.68 Å². The van der Waals surface area contributed by atoms with Crippen molar-refractivity contribution in [3.8, 4) is 0 Å². The van der Waals surface area contributed by atoms with Crippen LogP contribution >= 0.6 is 0 Å². The number of allylic oxidation sites excluding steroid dienone is 1. The molecule has 0 spiro atoms. The number of benzene rings is 4. The van der Waals surface area contributed by atoms with Gasteiger partial charge in [-0.3, -0.25) is 4.79 Å². The highest BCUT2D eigenvalue weighted by molar-refractivity contribution is 5.90. The number of hydrogen-bond donors (Lipinski definition) is 1. The van der Waals surface area contributed by atoms with Gasteiger partial charge >= 0.3 is 11.9 Å². The van der Waals surface area contributed by atoms with Crippen LogP contribution in [0.3, 0.4) is 0 Å². The summed E-state index contributed by atoms with van der Waals surface area (Å²) in [6, 6.07) is 38.7. The Bertz CT molecular complexity index is 1640. The molecule has 2 aliphatic rings. The first-order chi connectivity index (χ1) is 23.3. The predicted octanol–water partition coefficient (Wildman–Crippen LogP) is 7.11. The molecule has 0 saturated carbocycles. The molecule has 1 N–H and O–H groups in total. The maximum atomic E-state index is 13.4. The second-order valence-corrected chi connectivity index (χ2v) is 12.4. The van der Waals surface area contributed by atoms with Crippen molar-refractivity contribution in [3.05, 3.63) is 155 Å². The van der Waals surface area contributed by atoms with Crippen LogP contribution in [0.4, 0.5) is 0 Å². The maximum absolute atomic E-state index is 13.4. The molecule has 0 bridgehead atoms. The second-order valence-electron chi connectivity index (χ2n) is 12.4. The van der Waals surface area contributed by atoms with Crippen molar-refractivity contribution < 1.29 is 38.7 Å². The molecular formula is C40H40O8. The lowest BCUT2D eigenvalue weighted by molar-refractivity contribution is -0.489. The van der Waals surface area contributed by atoms with Crippen molar-refractivity contribution in [2.24, 2.45) is 5.92 Å². The summed E-state index contributed by atoms with van der Waals surface area (Å²) in [5.41, 5.74) is 2.04. The van der Waals surface area contributed by atoms with Gasteiger partial charge in [0.05, 0.1) is 18.8 Å². The predicted molar refractivity (Wildman–Crippen MR) is 178 cm³/mol. The molecule has 0 aliphatic carbocycles. The van der Waals surface area contributed by atoms with Crippen molar-refractivity contribution in [3.63, 3.8) is 0 Å². The molecule has 4 aromatic rings. The van der Waals surface area contributed by atoms with Gasteiger partial charge in [-0.1, -0.05) is 121 Å². The third-order valence-electron chi connectivity index (χ3n) is 9.18. The summed E-state index contributed by atoms with van der Waals surface area (Å²) in [6.07, 6.45) is 1.39. The molecule has 4 aromatic carbocycles. The van der Waals surface area contributed by atoms with Crippen LogP contribution < -0.4 is 0 Å². The van der Waals surface area contributed by atoms with Gasteiger partial charge in [0.25, 0.3) is 0 Å². The van der Waals surface area contributed by atoms with Crippen LogP contribution in [0.1, 0.15) is 61.8 Å². The first-order valence-corrected chi connectivity index (χ1v) is 16.3. The lowest BCUT2D eigenvalue weighted by Crippen LogP contribution is -2.53. The van der Waals surface area contributed by atoms with Gasteiger partial charge in [0, 0.05) is 24.0 Å². The van der Waals surface area contributed by atoms with E-state index in [1.54, 1.807) is 6.92 Å². The van der Waals surface area contributed by atoms with E-state index < -0.39 is 34.8 Å². The lowest BCUT2D eigenvalue weighted by Gasteiger charge is -2.45. The fourth-order valence-electron chi connectivity index (χ4n) is 6.52. The molecule has 8 heteroatoms. The van der Waals surface area contributed by atoms with Crippen LogP contribution in [0.5, 0.6) is 0 Å². The van der Waals surface area contributed by atoms with Gasteiger partial charge in [0.15, 0.2) is 11.2 Å². The minimum atomic E-state index is -1.90. The topological polar surface area (TPSA) is 101 Å². The maximum Gasteiger partial charge on any atom is 0.337 e. The Hall–Kier alpha value is -4.76. The molecule has 6 rings (SSSR count). The zero-order valence-electron chi connectivity index (χ0n) is 27.2. The highest BCUT2D eigenvalue weighted by Gasteiger charge is 2.54. The first-order valence-electron chi connectivity index (χ1n) is 16.3. The molecule has 1 fully saturated rings. The summed E-state index contributed by atoms with van der Waals surface area (Å²) in [6.45, 7) is 3.43. The number of carbonyl (C=O) groups is 2. The molecule has 1 saturated heterocycles. The number of carbonyl (C=O) groups excluding carboxylic acids is 2. The molecule has 0 aromatic heterocycles. The molecule has 2 aliphatic heterocycles. The summed E-state index contributed by atoms with van der Waals surface area (Å²) in [7, 11) is 0. The van der Waals surface area contributed by atoms with Crippen LogP contribution in [0.15, 0.2) is 133 Å². The Balaban J connectivity index is 1.04. The fourth-order valence-corrected chi connectivity index (χ4v) is 6.52. The van der Waals surface area contributed by atoms with Gasteiger partial charge in [-0.2, -0.15) is 4.89 Å². The van der Waals surface area contributed by atoms with Crippen LogP contribution in [0.2, 0.25) is 0 Å². The second kappa shape index (κ2) is 14.2. The van der Waals surface area contributed by atoms with E-state index in [0.717, 1.165) is 22.3 Å². The molecule has 2 unspecified atom stereocenters. The van der Waals surface area contributed by atoms with Gasteiger partial charge in [0.1, 0.15) is 11.7 Å². The number of aliphatic hydroxyl groups is 1. The molecule has 48 heavy (non-hydrogen) atoms. The Morgan fingerprint density at radius 1 is 0.688 bits per heavy atom. The number of unbranched alkanes of at least 4 members (excludes halogenated alkanes) is 1. The summed E-state index contributed by atoms with van der Waals surface area (Å²) in [5.74, 6) is -3.42. The Morgan fingerprint density at radius 3 is 1.60 bits per heavy atom. The van der Waals surface area contributed by atoms with E-state index in [9.17, 15) is 14.7 Å². The third kappa shape index (κ3) is 6.65. The van der Waals surface area contributed by atoms with E-state index in [2.05, 4.69) is 0 Å². The molecule has 0 radical (unpaired) electrons. The smallest absolute Gasteiger partial charge is 0.337 e. The van der Waals surface area contributed by atoms with E-state index >= 15 is 0 Å². The minimum absolute atomic E-state index is 0.0868. The summed E-state index contributed by atoms with van der Waals surface area (Å²) in [5, 5.41) is 11.0. The molecule has 2 atom stereocenters. The Labute approximate surface area is 280 Å². The van der Waals surface area contributed by atoms with Crippen LogP contribution in [0, 0.1) is 5.92 Å². The van der Waals surface area contributed by atoms with E-state index in [-0.39, 0.29) is 19.6 Å². The Morgan fingerprint density at radius 2 is 1.12 bits per heavy atom. The summed E-state index contributed by atoms with van der Waals surface area (Å²) < 4.78 is 17.7. The largest absolute Gasteiger partial charge is 0.482 e. The van der Waals surface area contributed by atoms with Crippen LogP contribution in [0.25, 0.3) is 0 Å². The normalized spacial score (nSPS) is 21.3. The van der Waals surface area contributed by atoms with Crippen molar-refractivity contribution >= 4 is 11.9 Å². The van der Waals surface area contributed by atoms with E-state index in [1.165, 1.54) is 6.92 Å². The SMILES string of the molecule is CC1=C(C(=O)OCCCCOC(=O)C2CC(c3ccccc3)(c3ccccc3)OOC2(C)O)CC(c2ccccc2)(c2ccccc2)O1. The third-order valence-corrected chi connectivity index (χ3v) is 9.18. The van der Waals surface area contributed by atoms with Crippen molar-refractivity contribution in [2.75, 3.05) is 13.2 Å². The number of hydrogen-bond acceptors (Lipinski definition) is 8. The summed E-state index contributed by atoms with van der Waals surface area (Å²) >= 11 is 0. The van der Waals surface area contributed by atoms with Gasteiger partial charge < -0.3 is 19.3 Å². The average molecular weight is 649 g/mol. The van der Waals surface area contributed by atoms with Crippen LogP contribution in [-0.2, 0) is 44.8 Å². The van der Waals surface area contributed by atoms with Gasteiger partial charge in [-0.05, 0) is 37.8 Å². The molecule has 8 nitrogen and oxygen atoms in total. The van der Waals surface area contributed by atoms with Crippen molar-refractivity contribution in [2.45, 2.75) is 56.5 Å². The first kappa shape index (κ1) is 33.2. The Kier molecular flexibility index (Phi) is 9.78. The molecular weight excluding hydrogens is 608 g/mol. The number of esters is 2. The quantitative estimate of drug-likeness (QED) is 0.104. The molecule has 248 valence electrons. The standard InChI is InChI=1S/C40H40O8/c1-29-34(27-39(46-29,30-17-7-3-8-18-30)31-19-9-4-10-20-31)36(41)44-25-15-16-26-45-37(42)35-28-40(48-47-38(35,2)43,32-21-11-5-12-22-32)33-23-13-6-14-24-33/h3-14,17-24,35,43H,15-16,25-28H2,1-2H3. The number of rotatable bonds is 11. The van der Waals surface area contributed by atoms with Gasteiger partial charge in [0.2, 0.25) is 5.79 Å². The number of ether oxygens (including phenoxy) is 3.